The highest BCUT2D eigenvalue weighted by Crippen LogP contribution is 2.29. The normalized spacial score (nSPS) is 17.7. The van der Waals surface area contributed by atoms with Crippen LogP contribution in [0.4, 0.5) is 5.82 Å². The largest absolute Gasteiger partial charge is 0.456 e. The lowest BCUT2D eigenvalue weighted by Gasteiger charge is -2.24. The van der Waals surface area contributed by atoms with Gasteiger partial charge in [0.05, 0.1) is 11.9 Å². The van der Waals surface area contributed by atoms with E-state index in [4.69, 9.17) is 16.3 Å². The van der Waals surface area contributed by atoms with E-state index in [1.54, 1.807) is 0 Å². The van der Waals surface area contributed by atoms with Crippen molar-refractivity contribution in [3.63, 3.8) is 0 Å². The van der Waals surface area contributed by atoms with Gasteiger partial charge in [-0.2, -0.15) is 0 Å². The van der Waals surface area contributed by atoms with Gasteiger partial charge in [-0.25, -0.2) is 14.8 Å². The Kier molecular flexibility index (Phi) is 3.71. The van der Waals surface area contributed by atoms with Crippen molar-refractivity contribution >= 4 is 34.4 Å². The number of fused-ring (bicyclic) bond motifs is 3. The Balaban J connectivity index is 2.05. The number of anilines is 1. The van der Waals surface area contributed by atoms with Crippen molar-refractivity contribution in [2.75, 3.05) is 24.9 Å². The van der Waals surface area contributed by atoms with Crippen LogP contribution < -0.4 is 4.90 Å². The summed E-state index contributed by atoms with van der Waals surface area (Å²) in [5, 5.41) is 0.868. The van der Waals surface area contributed by atoms with E-state index < -0.39 is 0 Å². The van der Waals surface area contributed by atoms with E-state index in [0.717, 1.165) is 29.7 Å². The maximum atomic E-state index is 12.2. The third-order valence-electron chi connectivity index (χ3n) is 3.62. The maximum Gasteiger partial charge on any atom is 0.355 e. The zero-order chi connectivity index (χ0) is 15.0. The molecule has 6 nitrogen and oxygen atoms in total. The lowest BCUT2D eigenvalue weighted by molar-refractivity contribution is 0.0144. The molecule has 21 heavy (non-hydrogen) atoms. The number of ether oxygens (including phenoxy) is 1. The van der Waals surface area contributed by atoms with Gasteiger partial charge in [0.2, 0.25) is 0 Å². The first-order chi connectivity index (χ1) is 10.1. The third kappa shape index (κ3) is 2.44. The quantitative estimate of drug-likeness (QED) is 0.639. The van der Waals surface area contributed by atoms with Crippen LogP contribution in [-0.2, 0) is 11.3 Å². The second kappa shape index (κ2) is 5.52. The lowest BCUT2D eigenvalue weighted by atomic mass is 10.2. The minimum absolute atomic E-state index is 0.142. The molecule has 0 fully saturated rings. The lowest BCUT2D eigenvalue weighted by Crippen LogP contribution is -2.31. The molecule has 0 saturated carbocycles. The van der Waals surface area contributed by atoms with Crippen LogP contribution in [0.2, 0.25) is 0 Å². The number of hydrogen-bond donors (Lipinski definition) is 0. The number of carbonyl (C=O) groups is 1. The highest BCUT2D eigenvalue weighted by molar-refractivity contribution is 6.17. The van der Waals surface area contributed by atoms with Crippen molar-refractivity contribution in [2.45, 2.75) is 25.5 Å². The molecule has 1 aliphatic rings. The van der Waals surface area contributed by atoms with Crippen molar-refractivity contribution in [1.29, 1.82) is 0 Å². The second-order valence-corrected chi connectivity index (χ2v) is 5.71. The number of cyclic esters (lactones) is 1. The number of aromatic nitrogens is 3. The van der Waals surface area contributed by atoms with E-state index in [0.29, 0.717) is 18.1 Å². The average molecular weight is 309 g/mol. The standard InChI is InChI=1S/C14H17ClN4O2/c1-18(2)12-10-6-11-14(20)21-9(4-3-5-15)7-19(11)13(10)17-8-16-12/h6,8-9H,3-5,7H2,1-2H3. The minimum atomic E-state index is -0.302. The molecule has 0 aliphatic carbocycles. The Morgan fingerprint density at radius 1 is 1.48 bits per heavy atom. The predicted molar refractivity (Wildman–Crippen MR) is 81.0 cm³/mol. The van der Waals surface area contributed by atoms with Gasteiger partial charge in [0.25, 0.3) is 0 Å². The SMILES string of the molecule is CN(C)c1ncnc2c1cc1n2CC(CCCCl)OC1=O. The van der Waals surface area contributed by atoms with Crippen LogP contribution in [0.5, 0.6) is 0 Å². The van der Waals surface area contributed by atoms with E-state index in [1.807, 2.05) is 29.6 Å². The summed E-state index contributed by atoms with van der Waals surface area (Å²) in [6.45, 7) is 0.616. The van der Waals surface area contributed by atoms with E-state index in [9.17, 15) is 4.79 Å². The molecule has 2 aromatic heterocycles. The molecule has 0 saturated heterocycles. The molecule has 2 aromatic rings. The van der Waals surface area contributed by atoms with Crippen LogP contribution in [-0.4, -0.2) is 46.6 Å². The van der Waals surface area contributed by atoms with E-state index in [-0.39, 0.29) is 12.1 Å². The third-order valence-corrected chi connectivity index (χ3v) is 3.89. The first kappa shape index (κ1) is 14.1. The van der Waals surface area contributed by atoms with Gasteiger partial charge in [0.1, 0.15) is 29.6 Å². The Morgan fingerprint density at radius 2 is 2.29 bits per heavy atom. The molecule has 0 bridgehead atoms. The Labute approximate surface area is 127 Å². The van der Waals surface area contributed by atoms with Gasteiger partial charge in [-0.3, -0.25) is 0 Å². The molecular weight excluding hydrogens is 292 g/mol. The molecule has 7 heteroatoms. The van der Waals surface area contributed by atoms with Crippen LogP contribution in [0.3, 0.4) is 0 Å². The summed E-state index contributed by atoms with van der Waals surface area (Å²) in [5.41, 5.74) is 1.31. The molecule has 1 unspecified atom stereocenters. The maximum absolute atomic E-state index is 12.2. The fourth-order valence-corrected chi connectivity index (χ4v) is 2.82. The van der Waals surface area contributed by atoms with E-state index >= 15 is 0 Å². The van der Waals surface area contributed by atoms with Gasteiger partial charge in [-0.05, 0) is 18.9 Å². The number of hydrogen-bond acceptors (Lipinski definition) is 5. The Bertz CT molecular complexity index is 683. The molecule has 1 atom stereocenters. The highest BCUT2D eigenvalue weighted by Gasteiger charge is 2.29. The number of esters is 1. The summed E-state index contributed by atoms with van der Waals surface area (Å²) < 4.78 is 7.39. The molecule has 3 rings (SSSR count). The molecule has 0 spiro atoms. The smallest absolute Gasteiger partial charge is 0.355 e. The fraction of sp³-hybridized carbons (Fsp3) is 0.500. The molecule has 0 radical (unpaired) electrons. The summed E-state index contributed by atoms with van der Waals surface area (Å²) in [5.74, 6) is 1.07. The number of carbonyl (C=O) groups excluding carboxylic acids is 1. The van der Waals surface area contributed by atoms with Gasteiger partial charge in [0.15, 0.2) is 0 Å². The number of alkyl halides is 1. The van der Waals surface area contributed by atoms with E-state index in [1.165, 1.54) is 6.33 Å². The van der Waals surface area contributed by atoms with Crippen molar-refractivity contribution in [1.82, 2.24) is 14.5 Å². The molecule has 3 heterocycles. The molecule has 1 aliphatic heterocycles. The summed E-state index contributed by atoms with van der Waals surface area (Å²) in [4.78, 5) is 22.7. The van der Waals surface area contributed by atoms with E-state index in [2.05, 4.69) is 9.97 Å². The Hall–Kier alpha value is -1.82. The predicted octanol–water partition coefficient (Wildman–Crippen LogP) is 2.06. The van der Waals surface area contributed by atoms with Crippen LogP contribution in [0.1, 0.15) is 23.3 Å². The van der Waals surface area contributed by atoms with Crippen LogP contribution in [0.15, 0.2) is 12.4 Å². The van der Waals surface area contributed by atoms with Crippen molar-refractivity contribution in [3.8, 4) is 0 Å². The average Bonchev–Trinajstić information content (AvgIpc) is 2.84. The molecule has 0 aromatic carbocycles. The second-order valence-electron chi connectivity index (χ2n) is 5.33. The van der Waals surface area contributed by atoms with Crippen molar-refractivity contribution in [2.24, 2.45) is 0 Å². The van der Waals surface area contributed by atoms with Gasteiger partial charge < -0.3 is 14.2 Å². The van der Waals surface area contributed by atoms with Crippen molar-refractivity contribution in [3.05, 3.63) is 18.1 Å². The van der Waals surface area contributed by atoms with Gasteiger partial charge in [0, 0.05) is 20.0 Å². The Morgan fingerprint density at radius 3 is 3.00 bits per heavy atom. The van der Waals surface area contributed by atoms with Crippen LogP contribution in [0.25, 0.3) is 11.0 Å². The topological polar surface area (TPSA) is 60.3 Å². The van der Waals surface area contributed by atoms with Gasteiger partial charge in [-0.1, -0.05) is 0 Å². The zero-order valence-corrected chi connectivity index (χ0v) is 12.8. The number of halogens is 1. The zero-order valence-electron chi connectivity index (χ0n) is 12.0. The first-order valence-electron chi connectivity index (χ1n) is 6.90. The molecule has 0 N–H and O–H groups in total. The number of nitrogens with zero attached hydrogens (tertiary/aromatic N) is 4. The summed E-state index contributed by atoms with van der Waals surface area (Å²) in [6.07, 6.45) is 2.97. The number of rotatable bonds is 4. The first-order valence-corrected chi connectivity index (χ1v) is 7.43. The highest BCUT2D eigenvalue weighted by atomic mass is 35.5. The molecule has 0 amide bonds. The van der Waals surface area contributed by atoms with Gasteiger partial charge >= 0.3 is 5.97 Å². The summed E-state index contributed by atoms with van der Waals surface area (Å²) in [6, 6.07) is 1.81. The summed E-state index contributed by atoms with van der Waals surface area (Å²) in [7, 11) is 3.83. The summed E-state index contributed by atoms with van der Waals surface area (Å²) >= 11 is 5.71. The van der Waals surface area contributed by atoms with Crippen LogP contribution in [0, 0.1) is 0 Å². The molecule has 112 valence electrons. The van der Waals surface area contributed by atoms with Crippen molar-refractivity contribution < 1.29 is 9.53 Å². The van der Waals surface area contributed by atoms with Crippen LogP contribution >= 0.6 is 11.6 Å². The monoisotopic (exact) mass is 308 g/mol. The fourth-order valence-electron chi connectivity index (χ4n) is 2.67. The minimum Gasteiger partial charge on any atom is -0.456 e. The molecular formula is C14H17ClN4O2. The van der Waals surface area contributed by atoms with Gasteiger partial charge in [-0.15, -0.1) is 11.6 Å².